The molecule has 0 saturated heterocycles. The van der Waals surface area contributed by atoms with Gasteiger partial charge in [0.05, 0.1) is 21.3 Å². The van der Waals surface area contributed by atoms with Gasteiger partial charge in [-0.2, -0.15) is 0 Å². The molecule has 0 aromatic heterocycles. The minimum absolute atomic E-state index is 0.202. The van der Waals surface area contributed by atoms with E-state index in [4.69, 9.17) is 16.3 Å². The fourth-order valence-electron chi connectivity index (χ4n) is 1.96. The second-order valence-electron chi connectivity index (χ2n) is 4.77. The van der Waals surface area contributed by atoms with E-state index in [1.54, 1.807) is 49.4 Å². The summed E-state index contributed by atoms with van der Waals surface area (Å²) in [6, 6.07) is 13.1. The third-order valence-corrected chi connectivity index (χ3v) is 4.66. The van der Waals surface area contributed by atoms with E-state index in [9.17, 15) is 13.8 Å². The van der Waals surface area contributed by atoms with Crippen LogP contribution in [0.4, 0.5) is 5.69 Å². The Balaban J connectivity index is 1.98. The molecule has 1 atom stereocenters. The van der Waals surface area contributed by atoms with Gasteiger partial charge in [-0.3, -0.25) is 9.00 Å². The Morgan fingerprint density at radius 1 is 1.17 bits per heavy atom. The fourth-order valence-corrected chi connectivity index (χ4v) is 3.09. The molecule has 5 nitrogen and oxygen atoms in total. The summed E-state index contributed by atoms with van der Waals surface area (Å²) in [4.78, 5) is 24.4. The summed E-state index contributed by atoms with van der Waals surface area (Å²) in [5.74, 6) is -0.784. The van der Waals surface area contributed by atoms with Gasteiger partial charge in [0.2, 0.25) is 0 Å². The van der Waals surface area contributed by atoms with Crippen LogP contribution in [0.25, 0.3) is 0 Å². The van der Waals surface area contributed by atoms with E-state index in [0.29, 0.717) is 21.4 Å². The van der Waals surface area contributed by atoms with Crippen molar-refractivity contribution >= 4 is 40.0 Å². The van der Waals surface area contributed by atoms with Gasteiger partial charge in [-0.05, 0) is 30.3 Å². The first-order valence-corrected chi connectivity index (χ1v) is 8.91. The number of nitrogens with one attached hydrogen (secondary N) is 1. The minimum Gasteiger partial charge on any atom is -0.452 e. The van der Waals surface area contributed by atoms with E-state index in [-0.39, 0.29) is 5.56 Å². The molecule has 1 N–H and O–H groups in total. The Hall–Kier alpha value is -2.18. The Bertz CT molecular complexity index is 779. The molecule has 0 aliphatic rings. The number of halogens is 1. The van der Waals surface area contributed by atoms with Crippen LogP contribution >= 0.6 is 11.6 Å². The highest BCUT2D eigenvalue weighted by atomic mass is 35.5. The highest BCUT2D eigenvalue weighted by Crippen LogP contribution is 2.16. The van der Waals surface area contributed by atoms with Crippen molar-refractivity contribution in [2.75, 3.05) is 17.7 Å². The van der Waals surface area contributed by atoms with E-state index in [1.165, 1.54) is 6.07 Å². The maximum Gasteiger partial charge on any atom is 0.339 e. The van der Waals surface area contributed by atoms with Gasteiger partial charge in [-0.15, -0.1) is 0 Å². The van der Waals surface area contributed by atoms with E-state index in [0.717, 1.165) is 0 Å². The zero-order chi connectivity index (χ0) is 17.5. The molecule has 0 spiro atoms. The number of anilines is 1. The Morgan fingerprint density at radius 2 is 1.92 bits per heavy atom. The van der Waals surface area contributed by atoms with Crippen LogP contribution < -0.4 is 5.32 Å². The lowest BCUT2D eigenvalue weighted by Crippen LogP contribution is -2.21. The second kappa shape index (κ2) is 8.61. The van der Waals surface area contributed by atoms with E-state index in [2.05, 4.69) is 5.32 Å². The maximum atomic E-state index is 12.1. The third-order valence-electron chi connectivity index (χ3n) is 3.06. The number of amides is 1. The number of hydrogen-bond donors (Lipinski definition) is 1. The summed E-state index contributed by atoms with van der Waals surface area (Å²) in [6.07, 6.45) is 0. The van der Waals surface area contributed by atoms with Crippen LogP contribution in [0.3, 0.4) is 0 Å². The summed E-state index contributed by atoms with van der Waals surface area (Å²) in [6.45, 7) is 1.31. The van der Waals surface area contributed by atoms with Crippen LogP contribution in [0.1, 0.15) is 17.3 Å². The molecule has 0 radical (unpaired) electrons. The van der Waals surface area contributed by atoms with Gasteiger partial charge in [-0.25, -0.2) is 4.79 Å². The number of hydrogen-bond acceptors (Lipinski definition) is 4. The van der Waals surface area contributed by atoms with Gasteiger partial charge < -0.3 is 10.1 Å². The van der Waals surface area contributed by atoms with Crippen molar-refractivity contribution in [3.63, 3.8) is 0 Å². The molecule has 0 bridgehead atoms. The van der Waals surface area contributed by atoms with Crippen LogP contribution in [0.5, 0.6) is 0 Å². The van der Waals surface area contributed by atoms with Gasteiger partial charge in [0.15, 0.2) is 6.61 Å². The van der Waals surface area contributed by atoms with Crippen molar-refractivity contribution < 1.29 is 18.5 Å². The molecule has 2 aromatic rings. The predicted molar refractivity (Wildman–Crippen MR) is 93.8 cm³/mol. The number of rotatable bonds is 6. The van der Waals surface area contributed by atoms with Gasteiger partial charge in [0.1, 0.15) is 0 Å². The van der Waals surface area contributed by atoms with Gasteiger partial charge >= 0.3 is 5.97 Å². The van der Waals surface area contributed by atoms with Crippen LogP contribution in [0.15, 0.2) is 53.4 Å². The van der Waals surface area contributed by atoms with E-state index in [1.807, 2.05) is 0 Å². The fraction of sp³-hybridized carbons (Fsp3) is 0.176. The SMILES string of the molecule is CC[S@@](=O)c1ccccc1C(=O)OCC(=O)Nc1cccc(Cl)c1. The van der Waals surface area contributed by atoms with Crippen molar-refractivity contribution in [3.8, 4) is 0 Å². The third kappa shape index (κ3) is 4.91. The van der Waals surface area contributed by atoms with Crippen LogP contribution in [-0.2, 0) is 20.3 Å². The Kier molecular flexibility index (Phi) is 6.52. The highest BCUT2D eigenvalue weighted by molar-refractivity contribution is 7.85. The number of carbonyl (C=O) groups excluding carboxylic acids is 2. The number of esters is 1. The zero-order valence-corrected chi connectivity index (χ0v) is 14.5. The monoisotopic (exact) mass is 365 g/mol. The van der Waals surface area contributed by atoms with Crippen molar-refractivity contribution in [1.82, 2.24) is 0 Å². The summed E-state index contributed by atoms with van der Waals surface area (Å²) in [5, 5.41) is 3.06. The van der Waals surface area contributed by atoms with Crippen LogP contribution in [-0.4, -0.2) is 28.4 Å². The molecule has 0 aliphatic heterocycles. The van der Waals surface area contributed by atoms with E-state index >= 15 is 0 Å². The largest absolute Gasteiger partial charge is 0.452 e. The van der Waals surface area contributed by atoms with Crippen molar-refractivity contribution in [1.29, 1.82) is 0 Å². The topological polar surface area (TPSA) is 72.5 Å². The lowest BCUT2D eigenvalue weighted by Gasteiger charge is -2.09. The van der Waals surface area contributed by atoms with E-state index < -0.39 is 29.3 Å². The average molecular weight is 366 g/mol. The molecule has 24 heavy (non-hydrogen) atoms. The molecule has 0 saturated carbocycles. The quantitative estimate of drug-likeness (QED) is 0.797. The lowest BCUT2D eigenvalue weighted by molar-refractivity contribution is -0.119. The van der Waals surface area contributed by atoms with Gasteiger partial charge in [0, 0.05) is 16.5 Å². The summed E-state index contributed by atoms with van der Waals surface area (Å²) >= 11 is 5.83. The molecule has 2 rings (SSSR count). The standard InChI is InChI=1S/C17H16ClNO4S/c1-2-24(22)15-9-4-3-8-14(15)17(21)23-11-16(20)19-13-7-5-6-12(18)10-13/h3-10H,2,11H2,1H3,(H,19,20)/t24-/m1/s1. The lowest BCUT2D eigenvalue weighted by atomic mass is 10.2. The molecule has 0 heterocycles. The summed E-state index contributed by atoms with van der Waals surface area (Å²) < 4.78 is 17.0. The second-order valence-corrected chi connectivity index (χ2v) is 6.91. The molecule has 0 fully saturated rings. The minimum atomic E-state index is -1.29. The highest BCUT2D eigenvalue weighted by Gasteiger charge is 2.17. The first kappa shape index (κ1) is 18.2. The van der Waals surface area contributed by atoms with Gasteiger partial charge in [-0.1, -0.05) is 36.7 Å². The smallest absolute Gasteiger partial charge is 0.339 e. The molecular formula is C17H16ClNO4S. The van der Waals surface area contributed by atoms with Crippen molar-refractivity contribution in [2.24, 2.45) is 0 Å². The van der Waals surface area contributed by atoms with Gasteiger partial charge in [0.25, 0.3) is 5.91 Å². The normalized spacial score (nSPS) is 11.6. The molecule has 0 aliphatic carbocycles. The Morgan fingerprint density at radius 3 is 2.62 bits per heavy atom. The molecule has 2 aromatic carbocycles. The molecule has 0 unspecified atom stereocenters. The van der Waals surface area contributed by atoms with Crippen molar-refractivity contribution in [3.05, 3.63) is 59.1 Å². The maximum absolute atomic E-state index is 12.1. The number of ether oxygens (including phenoxy) is 1. The first-order valence-electron chi connectivity index (χ1n) is 7.21. The zero-order valence-electron chi connectivity index (χ0n) is 13.0. The molecule has 7 heteroatoms. The van der Waals surface area contributed by atoms with Crippen molar-refractivity contribution in [2.45, 2.75) is 11.8 Å². The summed E-state index contributed by atoms with van der Waals surface area (Å²) in [7, 11) is -1.29. The molecule has 1 amide bonds. The molecular weight excluding hydrogens is 350 g/mol. The first-order chi connectivity index (χ1) is 11.5. The Labute approximate surface area is 147 Å². The summed E-state index contributed by atoms with van der Waals surface area (Å²) in [5.41, 5.74) is 0.712. The van der Waals surface area contributed by atoms with Crippen LogP contribution in [0.2, 0.25) is 5.02 Å². The average Bonchev–Trinajstić information content (AvgIpc) is 2.59. The number of benzene rings is 2. The predicted octanol–water partition coefficient (Wildman–Crippen LogP) is 3.26. The van der Waals surface area contributed by atoms with Crippen LogP contribution in [0, 0.1) is 0 Å². The molecule has 126 valence electrons. The number of carbonyl (C=O) groups is 2.